The number of nitrogens with zero attached hydrogens (tertiary/aromatic N) is 2. The average Bonchev–Trinajstić information content (AvgIpc) is 2.91. The minimum Gasteiger partial charge on any atom is -0.334 e. The molecular formula is C19H22N4O5. The molecule has 1 aliphatic carbocycles. The second kappa shape index (κ2) is 8.64. The maximum Gasteiger partial charge on any atom is 0.334 e. The number of amides is 7. The van der Waals surface area contributed by atoms with E-state index in [0.29, 0.717) is 17.7 Å². The molecule has 148 valence electrons. The van der Waals surface area contributed by atoms with E-state index in [1.54, 1.807) is 0 Å². The van der Waals surface area contributed by atoms with Crippen LogP contribution >= 0.6 is 0 Å². The Kier molecular flexibility index (Phi) is 6.03. The number of nitrogens with one attached hydrogen (secondary N) is 2. The molecule has 1 saturated carbocycles. The average molecular weight is 386 g/mol. The first-order valence-corrected chi connectivity index (χ1v) is 9.28. The topological polar surface area (TPSA) is 116 Å². The monoisotopic (exact) mass is 386 g/mol. The summed E-state index contributed by atoms with van der Waals surface area (Å²) < 4.78 is 0. The fourth-order valence-corrected chi connectivity index (χ4v) is 3.46. The van der Waals surface area contributed by atoms with Gasteiger partial charge in [-0.3, -0.25) is 24.6 Å². The van der Waals surface area contributed by atoms with Crippen LogP contribution in [0.15, 0.2) is 30.3 Å². The lowest BCUT2D eigenvalue weighted by Gasteiger charge is -2.28. The van der Waals surface area contributed by atoms with Gasteiger partial charge in [0.1, 0.15) is 6.54 Å². The van der Waals surface area contributed by atoms with Gasteiger partial charge in [-0.15, -0.1) is 0 Å². The van der Waals surface area contributed by atoms with Crippen molar-refractivity contribution in [3.63, 3.8) is 0 Å². The smallest absolute Gasteiger partial charge is 0.334 e. The predicted molar refractivity (Wildman–Crippen MR) is 97.6 cm³/mol. The number of urea groups is 2. The van der Waals surface area contributed by atoms with Gasteiger partial charge in [-0.2, -0.15) is 0 Å². The third-order valence-corrected chi connectivity index (χ3v) is 4.87. The van der Waals surface area contributed by atoms with Crippen LogP contribution in [0.4, 0.5) is 9.59 Å². The number of carbonyl (C=O) groups is 5. The van der Waals surface area contributed by atoms with Gasteiger partial charge in [-0.05, 0) is 18.4 Å². The van der Waals surface area contributed by atoms with E-state index in [9.17, 15) is 24.0 Å². The van der Waals surface area contributed by atoms with Crippen molar-refractivity contribution >= 4 is 29.8 Å². The van der Waals surface area contributed by atoms with Crippen LogP contribution in [-0.4, -0.2) is 52.2 Å². The van der Waals surface area contributed by atoms with E-state index in [1.807, 2.05) is 30.3 Å². The number of benzene rings is 1. The minimum atomic E-state index is -1.03. The van der Waals surface area contributed by atoms with Gasteiger partial charge < -0.3 is 5.32 Å². The van der Waals surface area contributed by atoms with E-state index in [2.05, 4.69) is 10.6 Å². The van der Waals surface area contributed by atoms with Gasteiger partial charge in [0.15, 0.2) is 0 Å². The summed E-state index contributed by atoms with van der Waals surface area (Å²) in [5.41, 5.74) is 0.851. The molecule has 3 rings (SSSR count). The normalized spacial score (nSPS) is 17.8. The van der Waals surface area contributed by atoms with Crippen LogP contribution in [-0.2, 0) is 20.9 Å². The Balaban J connectivity index is 1.52. The Morgan fingerprint density at radius 2 is 1.64 bits per heavy atom. The van der Waals surface area contributed by atoms with Gasteiger partial charge in [0, 0.05) is 12.6 Å². The van der Waals surface area contributed by atoms with Gasteiger partial charge in [0.25, 0.3) is 0 Å². The molecule has 0 bridgehead atoms. The first kappa shape index (κ1) is 19.5. The maximum atomic E-state index is 12.5. The molecule has 28 heavy (non-hydrogen) atoms. The van der Waals surface area contributed by atoms with Gasteiger partial charge in [-0.25, -0.2) is 14.5 Å². The first-order valence-electron chi connectivity index (χ1n) is 9.28. The number of hydrogen-bond donors (Lipinski definition) is 2. The summed E-state index contributed by atoms with van der Waals surface area (Å²) in [4.78, 5) is 62.3. The Hall–Kier alpha value is -3.23. The lowest BCUT2D eigenvalue weighted by atomic mass is 9.94. The first-order chi connectivity index (χ1) is 13.5. The fourth-order valence-electron chi connectivity index (χ4n) is 3.46. The summed E-state index contributed by atoms with van der Waals surface area (Å²) in [6.07, 6.45) is 4.13. The van der Waals surface area contributed by atoms with Gasteiger partial charge in [0.2, 0.25) is 5.91 Å². The molecular weight excluding hydrogens is 364 g/mol. The van der Waals surface area contributed by atoms with Gasteiger partial charge in [-0.1, -0.05) is 49.6 Å². The SMILES string of the molecule is O=C(CN1C(=O)C(=O)N(C2CCCCC2)C1=O)NC(=O)NCc1ccccc1. The van der Waals surface area contributed by atoms with Crippen LogP contribution in [0.3, 0.4) is 0 Å². The lowest BCUT2D eigenvalue weighted by Crippen LogP contribution is -2.47. The fraction of sp³-hybridized carbons (Fsp3) is 0.421. The van der Waals surface area contributed by atoms with E-state index >= 15 is 0 Å². The lowest BCUT2D eigenvalue weighted by molar-refractivity contribution is -0.144. The van der Waals surface area contributed by atoms with Crippen LogP contribution < -0.4 is 10.6 Å². The van der Waals surface area contributed by atoms with E-state index in [4.69, 9.17) is 0 Å². The highest BCUT2D eigenvalue weighted by molar-refractivity contribution is 6.45. The summed E-state index contributed by atoms with van der Waals surface area (Å²) in [6.45, 7) is -0.457. The molecule has 0 radical (unpaired) electrons. The molecule has 7 amide bonds. The summed E-state index contributed by atoms with van der Waals surface area (Å²) in [6, 6.07) is 7.27. The molecule has 9 nitrogen and oxygen atoms in total. The van der Waals surface area contributed by atoms with Gasteiger partial charge in [0.05, 0.1) is 0 Å². The van der Waals surface area contributed by atoms with Crippen molar-refractivity contribution in [2.45, 2.75) is 44.7 Å². The maximum absolute atomic E-state index is 12.5. The minimum absolute atomic E-state index is 0.218. The molecule has 0 unspecified atom stereocenters. The highest BCUT2D eigenvalue weighted by atomic mass is 16.2. The van der Waals surface area contributed by atoms with E-state index in [-0.39, 0.29) is 12.6 Å². The molecule has 1 heterocycles. The zero-order valence-electron chi connectivity index (χ0n) is 15.3. The molecule has 1 aromatic carbocycles. The molecule has 2 aliphatic rings. The van der Waals surface area contributed by atoms with Crippen LogP contribution in [0.25, 0.3) is 0 Å². The van der Waals surface area contributed by atoms with Crippen molar-refractivity contribution in [2.75, 3.05) is 6.54 Å². The molecule has 0 spiro atoms. The van der Waals surface area contributed by atoms with Crippen LogP contribution in [0.1, 0.15) is 37.7 Å². The summed E-state index contributed by atoms with van der Waals surface area (Å²) in [5.74, 6) is -2.78. The highest BCUT2D eigenvalue weighted by Crippen LogP contribution is 2.26. The molecule has 2 fully saturated rings. The summed E-state index contributed by atoms with van der Waals surface area (Å²) >= 11 is 0. The summed E-state index contributed by atoms with van der Waals surface area (Å²) in [5, 5.41) is 4.57. The zero-order chi connectivity index (χ0) is 20.1. The van der Waals surface area contributed by atoms with Crippen LogP contribution in [0.5, 0.6) is 0 Å². The number of carbonyl (C=O) groups excluding carboxylic acids is 5. The molecule has 0 aromatic heterocycles. The second-order valence-corrected chi connectivity index (χ2v) is 6.86. The largest absolute Gasteiger partial charge is 0.334 e. The van der Waals surface area contributed by atoms with Crippen molar-refractivity contribution < 1.29 is 24.0 Å². The van der Waals surface area contributed by atoms with Gasteiger partial charge >= 0.3 is 23.9 Å². The molecule has 0 atom stereocenters. The number of hydrogen-bond acceptors (Lipinski definition) is 5. The molecule has 1 saturated heterocycles. The van der Waals surface area contributed by atoms with Crippen molar-refractivity contribution in [2.24, 2.45) is 0 Å². The van der Waals surface area contributed by atoms with Crippen molar-refractivity contribution in [1.82, 2.24) is 20.4 Å². The third kappa shape index (κ3) is 4.36. The van der Waals surface area contributed by atoms with E-state index < -0.39 is 36.3 Å². The summed E-state index contributed by atoms with van der Waals surface area (Å²) in [7, 11) is 0. The van der Waals surface area contributed by atoms with E-state index in [1.165, 1.54) is 0 Å². The predicted octanol–water partition coefficient (Wildman–Crippen LogP) is 1.14. The number of rotatable bonds is 5. The Morgan fingerprint density at radius 3 is 2.32 bits per heavy atom. The van der Waals surface area contributed by atoms with Crippen LogP contribution in [0, 0.1) is 0 Å². The van der Waals surface area contributed by atoms with Crippen molar-refractivity contribution in [3.05, 3.63) is 35.9 Å². The van der Waals surface area contributed by atoms with Crippen LogP contribution in [0.2, 0.25) is 0 Å². The highest BCUT2D eigenvalue weighted by Gasteiger charge is 2.48. The Bertz CT molecular complexity index is 789. The Morgan fingerprint density at radius 1 is 0.964 bits per heavy atom. The third-order valence-electron chi connectivity index (χ3n) is 4.87. The molecule has 1 aliphatic heterocycles. The van der Waals surface area contributed by atoms with Crippen molar-refractivity contribution in [1.29, 1.82) is 0 Å². The number of imide groups is 3. The second-order valence-electron chi connectivity index (χ2n) is 6.86. The zero-order valence-corrected chi connectivity index (χ0v) is 15.3. The molecule has 2 N–H and O–H groups in total. The van der Waals surface area contributed by atoms with Crippen molar-refractivity contribution in [3.8, 4) is 0 Å². The quantitative estimate of drug-likeness (QED) is 0.581. The standard InChI is InChI=1S/C19H22N4O5/c24-15(21-18(27)20-11-13-7-3-1-4-8-13)12-22-16(25)17(26)23(19(22)28)14-9-5-2-6-10-14/h1,3-4,7-8,14H,2,5-6,9-12H2,(H2,20,21,24,27). The van der Waals surface area contributed by atoms with E-state index in [0.717, 1.165) is 29.7 Å². The Labute approximate surface area is 162 Å². The molecule has 1 aromatic rings. The molecule has 9 heteroatoms.